The highest BCUT2D eigenvalue weighted by Gasteiger charge is 2.52. The zero-order valence-corrected chi connectivity index (χ0v) is 44.8. The van der Waals surface area contributed by atoms with Crippen LogP contribution in [0.3, 0.4) is 0 Å². The number of anilines is 5. The fourth-order valence-corrected chi connectivity index (χ4v) is 14.5. The van der Waals surface area contributed by atoms with Crippen LogP contribution in [-0.2, 0) is 5.41 Å². The van der Waals surface area contributed by atoms with Crippen LogP contribution in [0.25, 0.3) is 88.7 Å². The quantitative estimate of drug-likeness (QED) is 0.151. The van der Waals surface area contributed by atoms with Crippen molar-refractivity contribution in [3.8, 4) is 66.8 Å². The molecule has 0 radical (unpaired) electrons. The number of hydrogen-bond donors (Lipinski definition) is 0. The van der Waals surface area contributed by atoms with Crippen molar-refractivity contribution in [1.82, 2.24) is 0 Å². The molecule has 3 atom stereocenters. The summed E-state index contributed by atoms with van der Waals surface area (Å²) in [7, 11) is 0. The monoisotopic (exact) mass is 1040 g/mol. The molecule has 1 aliphatic heterocycles. The Balaban J connectivity index is 0.913. The fraction of sp³-hybridized carbons (Fsp3) is 0.0380. The van der Waals surface area contributed by atoms with Gasteiger partial charge in [0.05, 0.1) is 28.5 Å². The van der Waals surface area contributed by atoms with Gasteiger partial charge in [-0.2, -0.15) is 0 Å². The number of fused-ring (bicyclic) bond motifs is 17. The van der Waals surface area contributed by atoms with Crippen molar-refractivity contribution < 1.29 is 4.42 Å². The number of para-hydroxylation sites is 3. The summed E-state index contributed by atoms with van der Waals surface area (Å²) in [6.07, 6.45) is 9.22. The molecule has 0 N–H and O–H groups in total. The summed E-state index contributed by atoms with van der Waals surface area (Å²) in [5.41, 5.74) is 27.7. The summed E-state index contributed by atoms with van der Waals surface area (Å²) in [4.78, 5) is 5.15. The maximum absolute atomic E-state index is 6.62. The summed E-state index contributed by atoms with van der Waals surface area (Å²) < 4.78 is 6.62. The van der Waals surface area contributed by atoms with Crippen LogP contribution < -0.4 is 9.80 Å². The third-order valence-electron chi connectivity index (χ3n) is 18.0. The molecule has 2 heterocycles. The highest BCUT2D eigenvalue weighted by Crippen LogP contribution is 2.65. The highest BCUT2D eigenvalue weighted by molar-refractivity contribution is 6.16. The summed E-state index contributed by atoms with van der Waals surface area (Å²) in [6.45, 7) is 0. The van der Waals surface area contributed by atoms with Crippen molar-refractivity contribution in [3.05, 3.63) is 331 Å². The normalized spacial score (nSPS) is 16.7. The molecule has 1 spiro atoms. The molecule has 3 nitrogen and oxygen atoms in total. The molecule has 0 saturated heterocycles. The smallest absolute Gasteiger partial charge is 0.136 e. The molecule has 1 aromatic heterocycles. The molecule has 3 unspecified atom stereocenters. The van der Waals surface area contributed by atoms with E-state index in [2.05, 4.69) is 313 Å². The third-order valence-corrected chi connectivity index (χ3v) is 18.0. The van der Waals surface area contributed by atoms with Crippen molar-refractivity contribution >= 4 is 50.4 Å². The lowest BCUT2D eigenvalue weighted by Gasteiger charge is -2.34. The van der Waals surface area contributed by atoms with Crippen LogP contribution >= 0.6 is 0 Å². The van der Waals surface area contributed by atoms with Gasteiger partial charge in [-0.15, -0.1) is 0 Å². The van der Waals surface area contributed by atoms with E-state index in [1.807, 2.05) is 0 Å². The molecule has 0 fully saturated rings. The highest BCUT2D eigenvalue weighted by atomic mass is 16.3. The number of nitrogens with zero attached hydrogens (tertiary/aromatic N) is 2. The van der Waals surface area contributed by atoms with E-state index in [-0.39, 0.29) is 12.0 Å². The average molecular weight is 1050 g/mol. The van der Waals surface area contributed by atoms with Gasteiger partial charge in [-0.1, -0.05) is 243 Å². The van der Waals surface area contributed by atoms with Gasteiger partial charge in [-0.3, -0.25) is 0 Å². The summed E-state index contributed by atoms with van der Waals surface area (Å²) in [6, 6.07) is 104. The van der Waals surface area contributed by atoms with Gasteiger partial charge >= 0.3 is 0 Å². The van der Waals surface area contributed by atoms with Crippen LogP contribution in [0.1, 0.15) is 33.7 Å². The van der Waals surface area contributed by atoms with E-state index >= 15 is 0 Å². The Hall–Kier alpha value is -10.5. The van der Waals surface area contributed by atoms with Gasteiger partial charge in [-0.05, 0) is 150 Å². The Morgan fingerprint density at radius 1 is 0.366 bits per heavy atom. The lowest BCUT2D eigenvalue weighted by Crippen LogP contribution is -2.29. The average Bonchev–Trinajstić information content (AvgIpc) is 1.62. The molecule has 0 amide bonds. The van der Waals surface area contributed by atoms with Crippen LogP contribution in [0.2, 0.25) is 0 Å². The molecule has 82 heavy (non-hydrogen) atoms. The second-order valence-electron chi connectivity index (χ2n) is 22.2. The molecule has 0 bridgehead atoms. The van der Waals surface area contributed by atoms with Gasteiger partial charge < -0.3 is 14.2 Å². The van der Waals surface area contributed by atoms with Crippen molar-refractivity contribution in [2.75, 3.05) is 9.80 Å². The van der Waals surface area contributed by atoms with E-state index in [0.29, 0.717) is 0 Å². The Bertz CT molecular complexity index is 4760. The third kappa shape index (κ3) is 6.84. The molecule has 13 aromatic rings. The van der Waals surface area contributed by atoms with Gasteiger partial charge in [0.1, 0.15) is 11.2 Å². The zero-order chi connectivity index (χ0) is 53.9. The minimum Gasteiger partial charge on any atom is -0.456 e. The van der Waals surface area contributed by atoms with Crippen LogP contribution in [0.4, 0.5) is 28.4 Å². The standard InChI is InChI=1S/C79H52N2O/c1-4-21-51(22-5-1)53-39-42-58(43-40-53)81-72-36-18-13-29-63(72)64-32-20-37-73(78(64)81)80(71-35-17-12-27-60(71)54-25-8-3-9-26-54)59-48-56(52-23-6-2-7-24-52)47-57(49-59)55-41-44-62-61-28-10-15-33-67(61)79(70(62)50-55)68-34-16-11-30-65(68)76-69(79)45-46-75-77(76)66-31-14-19-38-74(66)82-75/h1-50,63,72H. The topological polar surface area (TPSA) is 19.6 Å². The van der Waals surface area contributed by atoms with Gasteiger partial charge in [-0.25, -0.2) is 0 Å². The van der Waals surface area contributed by atoms with Crippen molar-refractivity contribution in [2.45, 2.75) is 17.4 Å². The first-order valence-electron chi connectivity index (χ1n) is 28.6. The number of allylic oxidation sites excluding steroid dienone is 2. The lowest BCUT2D eigenvalue weighted by molar-refractivity contribution is 0.668. The SMILES string of the molecule is C1=CC2c3cccc(N(c4cc(-c5ccccc5)cc(-c5ccc6c(c5)C5(c7ccccc7-6)c6ccccc6-c6c5ccc5oc7ccccc7c65)c4)c4ccccc4-c4ccccc4)c3N(c3ccc(-c4ccccc4)cc3)C2C=C1. The summed E-state index contributed by atoms with van der Waals surface area (Å²) in [5.74, 6) is 0.156. The van der Waals surface area contributed by atoms with Crippen LogP contribution in [0.5, 0.6) is 0 Å². The van der Waals surface area contributed by atoms with E-state index in [1.165, 1.54) is 72.3 Å². The molecule has 12 aromatic carbocycles. The summed E-state index contributed by atoms with van der Waals surface area (Å²) in [5, 5.41) is 2.32. The predicted octanol–water partition coefficient (Wildman–Crippen LogP) is 20.8. The van der Waals surface area contributed by atoms with Gasteiger partial charge in [0.15, 0.2) is 0 Å². The Morgan fingerprint density at radius 3 is 1.73 bits per heavy atom. The molecule has 0 saturated carbocycles. The second-order valence-corrected chi connectivity index (χ2v) is 22.2. The van der Waals surface area contributed by atoms with Gasteiger partial charge in [0.25, 0.3) is 0 Å². The number of benzene rings is 12. The zero-order valence-electron chi connectivity index (χ0n) is 44.8. The Kier molecular flexibility index (Phi) is 10.4. The first-order chi connectivity index (χ1) is 40.7. The van der Waals surface area contributed by atoms with Crippen LogP contribution in [-0.4, -0.2) is 6.04 Å². The van der Waals surface area contributed by atoms with E-state index in [9.17, 15) is 0 Å². The number of furan rings is 1. The van der Waals surface area contributed by atoms with Gasteiger partial charge in [0, 0.05) is 33.6 Å². The first-order valence-corrected chi connectivity index (χ1v) is 28.6. The van der Waals surface area contributed by atoms with E-state index in [1.54, 1.807) is 0 Å². The Labute approximate surface area is 477 Å². The second kappa shape index (κ2) is 18.3. The number of hydrogen-bond acceptors (Lipinski definition) is 3. The molecule has 17 rings (SSSR count). The van der Waals surface area contributed by atoms with E-state index in [0.717, 1.165) is 72.7 Å². The van der Waals surface area contributed by atoms with Crippen molar-refractivity contribution in [1.29, 1.82) is 0 Å². The minimum absolute atomic E-state index is 0.0817. The molecular formula is C79H52N2O. The summed E-state index contributed by atoms with van der Waals surface area (Å²) >= 11 is 0. The first kappa shape index (κ1) is 46.4. The fourth-order valence-electron chi connectivity index (χ4n) is 14.5. The molecular weight excluding hydrogens is 993 g/mol. The van der Waals surface area contributed by atoms with Crippen LogP contribution in [0, 0.1) is 0 Å². The maximum atomic E-state index is 6.62. The van der Waals surface area contributed by atoms with E-state index < -0.39 is 5.41 Å². The Morgan fingerprint density at radius 2 is 0.951 bits per heavy atom. The molecule has 3 aliphatic carbocycles. The number of rotatable bonds is 8. The van der Waals surface area contributed by atoms with Crippen molar-refractivity contribution in [3.63, 3.8) is 0 Å². The van der Waals surface area contributed by atoms with Gasteiger partial charge in [0.2, 0.25) is 0 Å². The van der Waals surface area contributed by atoms with E-state index in [4.69, 9.17) is 4.42 Å². The largest absolute Gasteiger partial charge is 0.456 e. The maximum Gasteiger partial charge on any atom is 0.136 e. The molecule has 4 aliphatic rings. The van der Waals surface area contributed by atoms with Crippen LogP contribution in [0.15, 0.2) is 308 Å². The predicted molar refractivity (Wildman–Crippen MR) is 340 cm³/mol. The minimum atomic E-state index is -0.575. The molecule has 384 valence electrons. The van der Waals surface area contributed by atoms with Crippen molar-refractivity contribution in [2.24, 2.45) is 0 Å². The lowest BCUT2D eigenvalue weighted by atomic mass is 9.70. The molecule has 3 heteroatoms.